The molecule has 2 aromatic rings. The van der Waals surface area contributed by atoms with Gasteiger partial charge in [0.05, 0.1) is 17.8 Å². The van der Waals surface area contributed by atoms with Crippen LogP contribution in [0.4, 0.5) is 11.4 Å². The van der Waals surface area contributed by atoms with Gasteiger partial charge >= 0.3 is 0 Å². The Labute approximate surface area is 105 Å². The van der Waals surface area contributed by atoms with Gasteiger partial charge in [0, 0.05) is 31.2 Å². The summed E-state index contributed by atoms with van der Waals surface area (Å²) in [5, 5.41) is 8.87. The summed E-state index contributed by atoms with van der Waals surface area (Å²) in [5.74, 6) is 1.06. The topological polar surface area (TPSA) is 70.9 Å². The summed E-state index contributed by atoms with van der Waals surface area (Å²) >= 11 is 0. The van der Waals surface area contributed by atoms with Gasteiger partial charge in [-0.2, -0.15) is 5.26 Å². The summed E-state index contributed by atoms with van der Waals surface area (Å²) in [6.45, 7) is 2.63. The highest BCUT2D eigenvalue weighted by molar-refractivity contribution is 5.63. The Hall–Kier alpha value is -2.48. The maximum atomic E-state index is 8.87. The molecule has 0 aliphatic carbocycles. The van der Waals surface area contributed by atoms with Crippen molar-refractivity contribution in [3.8, 4) is 6.07 Å². The predicted molar refractivity (Wildman–Crippen MR) is 68.8 cm³/mol. The Morgan fingerprint density at radius 2 is 2.22 bits per heavy atom. The molecule has 1 aromatic carbocycles. The van der Waals surface area contributed by atoms with Gasteiger partial charge in [0.2, 0.25) is 0 Å². The van der Waals surface area contributed by atoms with E-state index in [-0.39, 0.29) is 0 Å². The van der Waals surface area contributed by atoms with E-state index in [1.54, 1.807) is 6.07 Å². The highest BCUT2D eigenvalue weighted by Crippen LogP contribution is 2.24. The second-order valence-corrected chi connectivity index (χ2v) is 4.34. The van der Waals surface area contributed by atoms with Crippen LogP contribution in [-0.4, -0.2) is 16.1 Å². The second kappa shape index (κ2) is 4.08. The van der Waals surface area contributed by atoms with Gasteiger partial charge in [0.15, 0.2) is 0 Å². The van der Waals surface area contributed by atoms with Crippen LogP contribution < -0.4 is 10.6 Å². The average Bonchev–Trinajstić information content (AvgIpc) is 2.85. The average molecular weight is 239 g/mol. The van der Waals surface area contributed by atoms with Gasteiger partial charge in [-0.15, -0.1) is 0 Å². The van der Waals surface area contributed by atoms with E-state index in [0.29, 0.717) is 11.3 Å². The molecule has 18 heavy (non-hydrogen) atoms. The van der Waals surface area contributed by atoms with Crippen LogP contribution in [0.25, 0.3) is 0 Å². The molecule has 0 fully saturated rings. The van der Waals surface area contributed by atoms with E-state index in [1.165, 1.54) is 0 Å². The quantitative estimate of drug-likeness (QED) is 0.763. The van der Waals surface area contributed by atoms with Crippen LogP contribution in [0.3, 0.4) is 0 Å². The van der Waals surface area contributed by atoms with Gasteiger partial charge in [0.25, 0.3) is 0 Å². The molecule has 0 amide bonds. The lowest BCUT2D eigenvalue weighted by Gasteiger charge is -2.29. The number of nitrogens with zero attached hydrogens (tertiary/aromatic N) is 4. The molecule has 5 heteroatoms. The summed E-state index contributed by atoms with van der Waals surface area (Å²) in [6.07, 6.45) is 3.83. The Bertz CT molecular complexity index is 623. The van der Waals surface area contributed by atoms with Crippen molar-refractivity contribution in [3.05, 3.63) is 42.0 Å². The van der Waals surface area contributed by atoms with E-state index >= 15 is 0 Å². The maximum absolute atomic E-state index is 8.87. The van der Waals surface area contributed by atoms with E-state index in [2.05, 4.69) is 20.5 Å². The van der Waals surface area contributed by atoms with Gasteiger partial charge in [-0.1, -0.05) is 0 Å². The molecule has 1 aliphatic heterocycles. The lowest BCUT2D eigenvalue weighted by Crippen LogP contribution is -2.33. The maximum Gasteiger partial charge on any atom is 0.128 e. The second-order valence-electron chi connectivity index (χ2n) is 4.34. The monoisotopic (exact) mass is 239 g/mol. The van der Waals surface area contributed by atoms with Crippen molar-refractivity contribution in [1.82, 2.24) is 9.55 Å². The van der Waals surface area contributed by atoms with Crippen molar-refractivity contribution < 1.29 is 0 Å². The largest absolute Gasteiger partial charge is 0.398 e. The zero-order chi connectivity index (χ0) is 12.5. The standard InChI is InChI=1S/C13H13N5/c14-8-10-1-2-11(7-12(10)15)18-6-5-17-4-3-16-13(17)9-18/h1-4,7H,5-6,9,15H2. The minimum absolute atomic E-state index is 0.525. The number of rotatable bonds is 1. The van der Waals surface area contributed by atoms with Crippen molar-refractivity contribution >= 4 is 11.4 Å². The smallest absolute Gasteiger partial charge is 0.128 e. The minimum atomic E-state index is 0.525. The molecule has 0 atom stereocenters. The number of nitrogen functional groups attached to an aromatic ring is 1. The molecule has 1 aromatic heterocycles. The predicted octanol–water partition coefficient (Wildman–Crippen LogP) is 1.36. The Balaban J connectivity index is 1.89. The first-order valence-corrected chi connectivity index (χ1v) is 5.82. The highest BCUT2D eigenvalue weighted by atomic mass is 15.2. The summed E-state index contributed by atoms with van der Waals surface area (Å²) in [4.78, 5) is 6.55. The highest BCUT2D eigenvalue weighted by Gasteiger charge is 2.17. The molecule has 0 saturated heterocycles. The van der Waals surface area contributed by atoms with E-state index in [0.717, 1.165) is 31.1 Å². The third-order valence-electron chi connectivity index (χ3n) is 3.27. The van der Waals surface area contributed by atoms with Gasteiger partial charge in [-0.25, -0.2) is 4.98 Å². The summed E-state index contributed by atoms with van der Waals surface area (Å²) in [6, 6.07) is 7.64. The number of nitriles is 1. The lowest BCUT2D eigenvalue weighted by molar-refractivity contribution is 0.560. The van der Waals surface area contributed by atoms with Crippen molar-refractivity contribution in [2.24, 2.45) is 0 Å². The molecular weight excluding hydrogens is 226 g/mol. The molecule has 3 rings (SSSR count). The summed E-state index contributed by atoms with van der Waals surface area (Å²) in [5.41, 5.74) is 7.94. The zero-order valence-electron chi connectivity index (χ0n) is 9.87. The van der Waals surface area contributed by atoms with Gasteiger partial charge in [-0.3, -0.25) is 0 Å². The summed E-state index contributed by atoms with van der Waals surface area (Å²) in [7, 11) is 0. The third kappa shape index (κ3) is 1.68. The Morgan fingerprint density at radius 1 is 1.33 bits per heavy atom. The van der Waals surface area contributed by atoms with E-state index in [4.69, 9.17) is 11.0 Å². The molecule has 90 valence electrons. The van der Waals surface area contributed by atoms with Crippen molar-refractivity contribution in [3.63, 3.8) is 0 Å². The van der Waals surface area contributed by atoms with Crippen molar-refractivity contribution in [1.29, 1.82) is 5.26 Å². The van der Waals surface area contributed by atoms with Crippen LogP contribution in [0.15, 0.2) is 30.6 Å². The minimum Gasteiger partial charge on any atom is -0.398 e. The van der Waals surface area contributed by atoms with Gasteiger partial charge < -0.3 is 15.2 Å². The van der Waals surface area contributed by atoms with Crippen LogP contribution in [0.1, 0.15) is 11.4 Å². The molecule has 5 nitrogen and oxygen atoms in total. The Kier molecular flexibility index (Phi) is 2.41. The first kappa shape index (κ1) is 10.7. The molecule has 0 bridgehead atoms. The molecule has 1 aliphatic rings. The van der Waals surface area contributed by atoms with E-state index in [1.807, 2.05) is 24.5 Å². The van der Waals surface area contributed by atoms with Crippen LogP contribution in [-0.2, 0) is 13.1 Å². The number of nitrogens with two attached hydrogens (primary N) is 1. The Morgan fingerprint density at radius 3 is 3.00 bits per heavy atom. The SMILES string of the molecule is N#Cc1ccc(N2CCn3ccnc3C2)cc1N. The molecule has 0 saturated carbocycles. The number of fused-ring (bicyclic) bond motifs is 1. The molecule has 0 radical (unpaired) electrons. The fourth-order valence-corrected chi connectivity index (χ4v) is 2.24. The normalized spacial score (nSPS) is 14.1. The van der Waals surface area contributed by atoms with Gasteiger partial charge in [-0.05, 0) is 18.2 Å². The molecule has 2 N–H and O–H groups in total. The first-order valence-electron chi connectivity index (χ1n) is 5.82. The molecular formula is C13H13N5. The number of anilines is 2. The number of hydrogen-bond donors (Lipinski definition) is 1. The van der Waals surface area contributed by atoms with E-state index < -0.39 is 0 Å². The van der Waals surface area contributed by atoms with Crippen LogP contribution in [0.2, 0.25) is 0 Å². The fourth-order valence-electron chi connectivity index (χ4n) is 2.24. The third-order valence-corrected chi connectivity index (χ3v) is 3.27. The number of aromatic nitrogens is 2. The lowest BCUT2D eigenvalue weighted by atomic mass is 10.1. The number of hydrogen-bond acceptors (Lipinski definition) is 4. The fraction of sp³-hybridized carbons (Fsp3) is 0.231. The van der Waals surface area contributed by atoms with Crippen LogP contribution in [0, 0.1) is 11.3 Å². The number of imidazole rings is 1. The summed E-state index contributed by atoms with van der Waals surface area (Å²) < 4.78 is 2.16. The van der Waals surface area contributed by atoms with Gasteiger partial charge in [0.1, 0.15) is 11.9 Å². The van der Waals surface area contributed by atoms with Crippen molar-refractivity contribution in [2.45, 2.75) is 13.1 Å². The van der Waals surface area contributed by atoms with Crippen LogP contribution in [0.5, 0.6) is 0 Å². The number of benzene rings is 1. The molecule has 0 spiro atoms. The van der Waals surface area contributed by atoms with Crippen LogP contribution >= 0.6 is 0 Å². The zero-order valence-corrected chi connectivity index (χ0v) is 9.87. The molecule has 2 heterocycles. The molecule has 0 unspecified atom stereocenters. The first-order chi connectivity index (χ1) is 8.78. The van der Waals surface area contributed by atoms with E-state index in [9.17, 15) is 0 Å². The van der Waals surface area contributed by atoms with Crippen molar-refractivity contribution in [2.75, 3.05) is 17.2 Å².